The van der Waals surface area contributed by atoms with Gasteiger partial charge in [0.2, 0.25) is 0 Å². The van der Waals surface area contributed by atoms with E-state index in [1.54, 1.807) is 12.3 Å². The molecule has 0 aromatic carbocycles. The number of carbonyl (C=O) groups excluding carboxylic acids is 1. The average molecular weight is 528 g/mol. The fourth-order valence-corrected chi connectivity index (χ4v) is 5.31. The first-order chi connectivity index (χ1) is 18.9. The number of aryl methyl sites for hydroxylation is 2. The fourth-order valence-electron chi connectivity index (χ4n) is 5.31. The van der Waals surface area contributed by atoms with E-state index in [4.69, 9.17) is 9.97 Å². The smallest absolute Gasteiger partial charge is 0.253 e. The van der Waals surface area contributed by atoms with Gasteiger partial charge >= 0.3 is 0 Å². The van der Waals surface area contributed by atoms with Gasteiger partial charge in [-0.05, 0) is 76.3 Å². The lowest BCUT2D eigenvalue weighted by Gasteiger charge is -2.27. The van der Waals surface area contributed by atoms with E-state index >= 15 is 0 Å². The second-order valence-corrected chi connectivity index (χ2v) is 10.6. The highest BCUT2D eigenvalue weighted by Crippen LogP contribution is 2.27. The molecule has 0 saturated carbocycles. The molecule has 5 rings (SSSR count). The van der Waals surface area contributed by atoms with E-state index in [2.05, 4.69) is 27.2 Å². The molecule has 39 heavy (non-hydrogen) atoms. The lowest BCUT2D eigenvalue weighted by Crippen LogP contribution is -2.30. The Morgan fingerprint density at radius 3 is 2.62 bits per heavy atom. The van der Waals surface area contributed by atoms with E-state index in [-0.39, 0.29) is 24.1 Å². The minimum atomic E-state index is -0.271. The fraction of sp³-hybridized carbons (Fsp3) is 0.433. The van der Waals surface area contributed by atoms with Crippen molar-refractivity contribution in [2.45, 2.75) is 72.4 Å². The van der Waals surface area contributed by atoms with Gasteiger partial charge in [-0.25, -0.2) is 14.6 Å². The van der Waals surface area contributed by atoms with Crippen LogP contribution < -0.4 is 15.8 Å². The number of piperidine rings is 1. The Morgan fingerprint density at radius 1 is 1.13 bits per heavy atom. The molecule has 1 amide bonds. The first-order valence-electron chi connectivity index (χ1n) is 13.9. The number of hydrogen-bond acceptors (Lipinski definition) is 6. The van der Waals surface area contributed by atoms with Crippen molar-refractivity contribution in [2.24, 2.45) is 0 Å². The quantitative estimate of drug-likeness (QED) is 0.336. The summed E-state index contributed by atoms with van der Waals surface area (Å²) in [6, 6.07) is 7.91. The van der Waals surface area contributed by atoms with Crippen LogP contribution in [0.15, 0.2) is 41.5 Å². The van der Waals surface area contributed by atoms with Crippen molar-refractivity contribution in [1.82, 2.24) is 30.0 Å². The van der Waals surface area contributed by atoms with Crippen molar-refractivity contribution in [3.05, 3.63) is 69.4 Å². The number of nitrogens with one attached hydrogen (secondary N) is 2. The summed E-state index contributed by atoms with van der Waals surface area (Å²) in [7, 11) is 0. The Bertz CT molecular complexity index is 1530. The van der Waals surface area contributed by atoms with E-state index in [0.29, 0.717) is 27.9 Å². The Hall–Kier alpha value is -4.01. The van der Waals surface area contributed by atoms with E-state index < -0.39 is 0 Å². The highest BCUT2D eigenvalue weighted by Gasteiger charge is 2.20. The largest absolute Gasteiger partial charge is 0.357 e. The van der Waals surface area contributed by atoms with Crippen molar-refractivity contribution >= 4 is 22.8 Å². The number of H-pyrrole nitrogens is 1. The molecule has 0 radical (unpaired) electrons. The molecule has 1 fully saturated rings. The first kappa shape index (κ1) is 26.6. The van der Waals surface area contributed by atoms with Crippen LogP contribution >= 0.6 is 0 Å². The lowest BCUT2D eigenvalue weighted by atomic mass is 10.0. The molecule has 4 aromatic rings. The van der Waals surface area contributed by atoms with Crippen LogP contribution in [0.3, 0.4) is 0 Å². The Labute approximate surface area is 228 Å². The molecule has 1 aliphatic rings. The van der Waals surface area contributed by atoms with Crippen molar-refractivity contribution in [1.29, 1.82) is 0 Å². The monoisotopic (exact) mass is 527 g/mol. The van der Waals surface area contributed by atoms with Crippen molar-refractivity contribution < 1.29 is 4.79 Å². The third-order valence-electron chi connectivity index (χ3n) is 7.33. The molecular weight excluding hydrogens is 490 g/mol. The van der Waals surface area contributed by atoms with Crippen molar-refractivity contribution in [3.8, 4) is 11.3 Å². The van der Waals surface area contributed by atoms with Crippen LogP contribution in [0, 0.1) is 6.92 Å². The maximum absolute atomic E-state index is 13.6. The van der Waals surface area contributed by atoms with Crippen LogP contribution in [-0.4, -0.2) is 43.7 Å². The van der Waals surface area contributed by atoms with E-state index in [9.17, 15) is 9.59 Å². The number of amides is 1. The topological polar surface area (TPSA) is 109 Å². The molecule has 9 heteroatoms. The zero-order valence-corrected chi connectivity index (χ0v) is 23.3. The average Bonchev–Trinajstić information content (AvgIpc) is 3.37. The predicted octanol–water partition coefficient (Wildman–Crippen LogP) is 4.94. The molecule has 0 spiro atoms. The number of nitrogens with zero attached hydrogens (tertiary/aromatic N) is 5. The summed E-state index contributed by atoms with van der Waals surface area (Å²) in [5.74, 6) is 0.697. The second-order valence-electron chi connectivity index (χ2n) is 10.6. The lowest BCUT2D eigenvalue weighted by molar-refractivity contribution is 0.0952. The van der Waals surface area contributed by atoms with Gasteiger partial charge in [0.05, 0.1) is 22.8 Å². The summed E-state index contributed by atoms with van der Waals surface area (Å²) in [5.41, 5.74) is 4.84. The van der Waals surface area contributed by atoms with Crippen molar-refractivity contribution in [3.63, 3.8) is 0 Å². The second kappa shape index (κ2) is 11.4. The van der Waals surface area contributed by atoms with Gasteiger partial charge in [0, 0.05) is 48.7 Å². The van der Waals surface area contributed by atoms with Gasteiger partial charge in [-0.3, -0.25) is 9.59 Å². The predicted molar refractivity (Wildman–Crippen MR) is 154 cm³/mol. The maximum atomic E-state index is 13.6. The number of anilines is 1. The van der Waals surface area contributed by atoms with Gasteiger partial charge in [-0.15, -0.1) is 0 Å². The van der Waals surface area contributed by atoms with E-state index in [1.807, 2.05) is 49.8 Å². The van der Waals surface area contributed by atoms with Gasteiger partial charge < -0.3 is 15.2 Å². The number of fused-ring (bicyclic) bond motifs is 1. The Kier molecular flexibility index (Phi) is 7.77. The Balaban J connectivity index is 1.48. The molecule has 0 atom stereocenters. The molecule has 204 valence electrons. The summed E-state index contributed by atoms with van der Waals surface area (Å²) >= 11 is 0. The van der Waals surface area contributed by atoms with Crippen LogP contribution in [0.4, 0.5) is 5.82 Å². The number of pyridine rings is 3. The molecule has 0 unspecified atom stereocenters. The third-order valence-corrected chi connectivity index (χ3v) is 7.33. The molecule has 1 aliphatic heterocycles. The summed E-state index contributed by atoms with van der Waals surface area (Å²) in [4.78, 5) is 41.1. The number of aromatic amines is 1. The molecule has 0 bridgehead atoms. The highest BCUT2D eigenvalue weighted by molar-refractivity contribution is 6.06. The van der Waals surface area contributed by atoms with Gasteiger partial charge in [-0.2, -0.15) is 5.10 Å². The first-order valence-corrected chi connectivity index (χ1v) is 13.9. The molecule has 5 heterocycles. The SMILES string of the molecule is CCCc1cc(C)[nH]c(=O)c1CNC(=O)c1cc(-c2ccc(N3CCCCC3)nc2)nc2c1cnn2C(C)C. The van der Waals surface area contributed by atoms with Crippen LogP contribution in [-0.2, 0) is 13.0 Å². The van der Waals surface area contributed by atoms with Crippen LogP contribution in [0.2, 0.25) is 0 Å². The summed E-state index contributed by atoms with van der Waals surface area (Å²) in [6.45, 7) is 10.2. The molecule has 4 aromatic heterocycles. The maximum Gasteiger partial charge on any atom is 0.253 e. The molecular formula is C30H37N7O2. The van der Waals surface area contributed by atoms with Gasteiger partial charge in [0.25, 0.3) is 11.5 Å². The van der Waals surface area contributed by atoms with Crippen LogP contribution in [0.25, 0.3) is 22.3 Å². The van der Waals surface area contributed by atoms with Crippen LogP contribution in [0.5, 0.6) is 0 Å². The number of carbonyl (C=O) groups is 1. The summed E-state index contributed by atoms with van der Waals surface area (Å²) in [6.07, 6.45) is 8.86. The van der Waals surface area contributed by atoms with E-state index in [1.165, 1.54) is 19.3 Å². The van der Waals surface area contributed by atoms with Gasteiger partial charge in [0.15, 0.2) is 5.65 Å². The van der Waals surface area contributed by atoms with Gasteiger partial charge in [-0.1, -0.05) is 13.3 Å². The molecule has 2 N–H and O–H groups in total. The zero-order chi connectivity index (χ0) is 27.5. The number of rotatable bonds is 8. The number of aromatic nitrogens is 5. The standard InChI is InChI=1S/C30H37N7O2/c1-5-9-21-14-20(4)34-30(39)24(21)17-32-29(38)23-15-26(35-28-25(23)18-33-37(28)19(2)3)22-10-11-27(31-16-22)36-12-7-6-8-13-36/h10-11,14-16,18-19H,5-9,12-13,17H2,1-4H3,(H,32,38)(H,34,39). The minimum absolute atomic E-state index is 0.0727. The van der Waals surface area contributed by atoms with E-state index in [0.717, 1.165) is 48.6 Å². The number of hydrogen-bond donors (Lipinski definition) is 2. The molecule has 9 nitrogen and oxygen atoms in total. The zero-order valence-electron chi connectivity index (χ0n) is 23.3. The minimum Gasteiger partial charge on any atom is -0.357 e. The van der Waals surface area contributed by atoms with Gasteiger partial charge in [0.1, 0.15) is 5.82 Å². The highest BCUT2D eigenvalue weighted by atomic mass is 16.1. The summed E-state index contributed by atoms with van der Waals surface area (Å²) in [5, 5.41) is 8.19. The third kappa shape index (κ3) is 5.57. The van der Waals surface area contributed by atoms with Crippen molar-refractivity contribution in [2.75, 3.05) is 18.0 Å². The Morgan fingerprint density at radius 2 is 1.92 bits per heavy atom. The molecule has 0 aliphatic carbocycles. The molecule has 1 saturated heterocycles. The summed E-state index contributed by atoms with van der Waals surface area (Å²) < 4.78 is 1.83. The van der Waals surface area contributed by atoms with Crippen LogP contribution in [0.1, 0.15) is 79.7 Å². The normalized spacial score (nSPS) is 13.8.